The summed E-state index contributed by atoms with van der Waals surface area (Å²) in [7, 11) is 4.07. The Morgan fingerprint density at radius 1 is 0.638 bits per heavy atom. The summed E-state index contributed by atoms with van der Waals surface area (Å²) in [5, 5.41) is 11.3. The molecule has 0 saturated carbocycles. The van der Waals surface area contributed by atoms with Crippen LogP contribution in [0.4, 0.5) is 0 Å². The van der Waals surface area contributed by atoms with Crippen LogP contribution in [-0.4, -0.2) is 76.3 Å². The number of rotatable bonds is 36. The predicted molar refractivity (Wildman–Crippen MR) is 201 cm³/mol. The van der Waals surface area contributed by atoms with Crippen molar-refractivity contribution in [3.05, 3.63) is 24.3 Å². The second-order valence-electron chi connectivity index (χ2n) is 12.9. The first-order chi connectivity index (χ1) is 23.1. The van der Waals surface area contributed by atoms with Gasteiger partial charge in [0.25, 0.3) is 0 Å². The van der Waals surface area contributed by atoms with Gasteiger partial charge in [-0.1, -0.05) is 113 Å². The van der Waals surface area contributed by atoms with Crippen molar-refractivity contribution in [2.45, 2.75) is 161 Å². The number of hydrogen-bond acceptors (Lipinski definition) is 8. The largest absolute Gasteiger partial charge is 0.461 e. The summed E-state index contributed by atoms with van der Waals surface area (Å²) >= 11 is 0. The maximum Gasteiger partial charge on any atom is 0.320 e. The Kier molecular flexibility index (Phi) is 36.5. The lowest BCUT2D eigenvalue weighted by Gasteiger charge is -2.18. The molecule has 0 aliphatic rings. The van der Waals surface area contributed by atoms with Gasteiger partial charge in [-0.25, -0.2) is 0 Å². The Bertz CT molecular complexity index is 722. The zero-order chi connectivity index (χ0) is 34.3. The first-order valence-electron chi connectivity index (χ1n) is 19.2. The molecule has 274 valence electrons. The Hall–Kier alpha value is -2.19. The third-order valence-electron chi connectivity index (χ3n) is 7.94. The summed E-state index contributed by atoms with van der Waals surface area (Å²) in [5.41, 5.74) is 0. The molecule has 0 aromatic rings. The minimum atomic E-state index is -0.120. The fourth-order valence-electron chi connectivity index (χ4n) is 5.01. The molecule has 47 heavy (non-hydrogen) atoms. The maximum atomic E-state index is 12.5. The smallest absolute Gasteiger partial charge is 0.320 e. The minimum Gasteiger partial charge on any atom is -0.461 e. The van der Waals surface area contributed by atoms with E-state index in [2.05, 4.69) is 58.7 Å². The molecule has 8 nitrogen and oxygen atoms in total. The molecule has 0 atom stereocenters. The number of nitrogens with one attached hydrogen (secondary N) is 1. The van der Waals surface area contributed by atoms with Crippen LogP contribution in [0.5, 0.6) is 0 Å². The number of hydrogen-bond donors (Lipinski definition) is 1. The number of ether oxygens (including phenoxy) is 1. The zero-order valence-corrected chi connectivity index (χ0v) is 31.1. The molecule has 0 rings (SSSR count). The van der Waals surface area contributed by atoms with Crippen LogP contribution in [0.25, 0.3) is 0 Å². The Morgan fingerprint density at radius 3 is 1.57 bits per heavy atom. The van der Waals surface area contributed by atoms with Gasteiger partial charge in [0, 0.05) is 25.5 Å². The lowest BCUT2D eigenvalue weighted by Crippen LogP contribution is -2.33. The van der Waals surface area contributed by atoms with Crippen LogP contribution in [0.1, 0.15) is 155 Å². The van der Waals surface area contributed by atoms with E-state index in [1.807, 2.05) is 26.5 Å². The lowest BCUT2D eigenvalue weighted by molar-refractivity contribution is -0.148. The Balaban J connectivity index is 4.05. The average molecular weight is 663 g/mol. The summed E-state index contributed by atoms with van der Waals surface area (Å²) in [6, 6.07) is 0. The fourth-order valence-corrected chi connectivity index (χ4v) is 5.01. The van der Waals surface area contributed by atoms with Crippen LogP contribution in [0.15, 0.2) is 34.6 Å². The number of carbonyl (C=O) groups excluding carboxylic acids is 1. The number of carbonyl (C=O) groups is 1. The topological polar surface area (TPSA) is 84.8 Å². The van der Waals surface area contributed by atoms with Crippen molar-refractivity contribution in [2.24, 2.45) is 10.3 Å². The second kappa shape index (κ2) is 38.3. The summed E-state index contributed by atoms with van der Waals surface area (Å²) in [4.78, 5) is 25.2. The highest BCUT2D eigenvalue weighted by atomic mass is 16.6. The van der Waals surface area contributed by atoms with Gasteiger partial charge in [-0.05, 0) is 90.5 Å². The van der Waals surface area contributed by atoms with Gasteiger partial charge >= 0.3 is 5.97 Å². The molecule has 1 N–H and O–H groups in total. The van der Waals surface area contributed by atoms with Crippen molar-refractivity contribution in [3.8, 4) is 0 Å². The molecule has 0 aromatic heterocycles. The van der Waals surface area contributed by atoms with Gasteiger partial charge in [0.1, 0.15) is 19.3 Å². The third-order valence-corrected chi connectivity index (χ3v) is 7.94. The highest BCUT2D eigenvalue weighted by Gasteiger charge is 2.14. The summed E-state index contributed by atoms with van der Waals surface area (Å²) < 4.78 is 5.93. The highest BCUT2D eigenvalue weighted by Crippen LogP contribution is 2.17. The number of allylic oxidation sites excluding steroid dienone is 2. The molecule has 0 unspecified atom stereocenters. The fraction of sp³-hybridized carbons (Fsp3) is 0.821. The van der Waals surface area contributed by atoms with E-state index in [1.54, 1.807) is 0 Å². The second-order valence-corrected chi connectivity index (χ2v) is 12.9. The van der Waals surface area contributed by atoms with Gasteiger partial charge in [0.2, 0.25) is 0 Å². The third kappa shape index (κ3) is 38.1. The molecule has 0 bridgehead atoms. The van der Waals surface area contributed by atoms with Crippen LogP contribution in [0.3, 0.4) is 0 Å². The molecule has 0 aliphatic carbocycles. The zero-order valence-electron chi connectivity index (χ0n) is 31.1. The quantitative estimate of drug-likeness (QED) is 0.0236. The first kappa shape index (κ1) is 44.8. The van der Waals surface area contributed by atoms with Crippen molar-refractivity contribution >= 4 is 18.4 Å². The normalized spacial score (nSPS) is 12.2. The standard InChI is InChI=1S/C39H74N4O4/c1-5-7-9-21-27-35-45-41-31-25-19-15-11-13-17-23-29-38(47-39(44)37-40-33-34-43(3)4)30-24-18-14-12-16-20-26-32-42-46-36-28-22-10-8-6-2/h21-22,27-28,31-32,38,40H,5-20,23-26,29-30,33-37H2,1-4H3/b27-21-,28-22-,41-31-,42-32-. The molecule has 0 saturated heterocycles. The monoisotopic (exact) mass is 663 g/mol. The number of nitrogens with zero attached hydrogens (tertiary/aromatic N) is 3. The van der Waals surface area contributed by atoms with Gasteiger partial charge < -0.3 is 24.6 Å². The van der Waals surface area contributed by atoms with E-state index in [0.29, 0.717) is 19.8 Å². The van der Waals surface area contributed by atoms with Crippen LogP contribution >= 0.6 is 0 Å². The molecule has 0 radical (unpaired) electrons. The molecule has 8 heteroatoms. The molecule has 0 aromatic carbocycles. The van der Waals surface area contributed by atoms with Crippen molar-refractivity contribution in [1.82, 2.24) is 10.2 Å². The maximum absolute atomic E-state index is 12.5. The summed E-state index contributed by atoms with van der Waals surface area (Å²) in [6.07, 6.45) is 37.6. The molecule has 0 amide bonds. The van der Waals surface area contributed by atoms with Crippen LogP contribution in [0.2, 0.25) is 0 Å². The number of esters is 1. The molecular weight excluding hydrogens is 588 g/mol. The van der Waals surface area contributed by atoms with Crippen molar-refractivity contribution < 1.29 is 19.2 Å². The van der Waals surface area contributed by atoms with Gasteiger partial charge in [0.15, 0.2) is 0 Å². The van der Waals surface area contributed by atoms with Crippen LogP contribution < -0.4 is 5.32 Å². The van der Waals surface area contributed by atoms with Gasteiger partial charge in [-0.3, -0.25) is 4.79 Å². The van der Waals surface area contributed by atoms with E-state index < -0.39 is 0 Å². The Morgan fingerprint density at radius 2 is 1.11 bits per heavy atom. The molecule has 0 fully saturated rings. The van der Waals surface area contributed by atoms with Crippen LogP contribution in [0, 0.1) is 0 Å². The molecule has 0 spiro atoms. The number of likely N-dealkylation sites (N-methyl/N-ethyl adjacent to an activating group) is 1. The number of unbranched alkanes of at least 4 members (excludes halogenated alkanes) is 16. The molecule has 0 heterocycles. The van der Waals surface area contributed by atoms with Gasteiger partial charge in [0.05, 0.1) is 6.54 Å². The molecular formula is C39H74N4O4. The van der Waals surface area contributed by atoms with Crippen LogP contribution in [-0.2, 0) is 19.2 Å². The van der Waals surface area contributed by atoms with Gasteiger partial charge in [-0.2, -0.15) is 0 Å². The SMILES string of the molecule is CCCC/C=C\CO/N=C\CCCCCCCCC(CCCCCCCC/C=N\OC/C=C\CCCC)OC(=O)CNCCN(C)C. The van der Waals surface area contributed by atoms with E-state index in [-0.39, 0.29) is 12.1 Å². The van der Waals surface area contributed by atoms with E-state index >= 15 is 0 Å². The van der Waals surface area contributed by atoms with E-state index in [9.17, 15) is 4.79 Å². The number of oxime groups is 2. The summed E-state index contributed by atoms with van der Waals surface area (Å²) in [5.74, 6) is -0.120. The average Bonchev–Trinajstić information content (AvgIpc) is 3.06. The van der Waals surface area contributed by atoms with Crippen molar-refractivity contribution in [1.29, 1.82) is 0 Å². The minimum absolute atomic E-state index is 0.0357. The van der Waals surface area contributed by atoms with Crippen molar-refractivity contribution in [3.63, 3.8) is 0 Å². The predicted octanol–water partition coefficient (Wildman–Crippen LogP) is 9.79. The lowest BCUT2D eigenvalue weighted by atomic mass is 10.0. The summed E-state index contributed by atoms with van der Waals surface area (Å²) in [6.45, 7) is 7.52. The first-order valence-corrected chi connectivity index (χ1v) is 19.2. The van der Waals surface area contributed by atoms with Gasteiger partial charge in [-0.15, -0.1) is 0 Å². The van der Waals surface area contributed by atoms with E-state index in [0.717, 1.165) is 77.3 Å². The highest BCUT2D eigenvalue weighted by molar-refractivity contribution is 5.71. The van der Waals surface area contributed by atoms with Crippen molar-refractivity contribution in [2.75, 3.05) is 46.9 Å². The van der Waals surface area contributed by atoms with E-state index in [4.69, 9.17) is 14.4 Å². The van der Waals surface area contributed by atoms with E-state index in [1.165, 1.54) is 77.0 Å². The Labute approximate surface area is 290 Å². The molecule has 0 aliphatic heterocycles.